The van der Waals surface area contributed by atoms with Crippen LogP contribution >= 0.6 is 11.6 Å². The van der Waals surface area contributed by atoms with Crippen LogP contribution in [0.3, 0.4) is 0 Å². The third-order valence-electron chi connectivity index (χ3n) is 2.14. The van der Waals surface area contributed by atoms with E-state index in [1.165, 1.54) is 0 Å². The van der Waals surface area contributed by atoms with Crippen LogP contribution in [-0.4, -0.2) is 0 Å². The fourth-order valence-corrected chi connectivity index (χ4v) is 1.61. The zero-order chi connectivity index (χ0) is 11.4. The lowest BCUT2D eigenvalue weighted by Gasteiger charge is -2.00. The molecule has 1 aromatic carbocycles. The van der Waals surface area contributed by atoms with E-state index in [0.29, 0.717) is 10.6 Å². The Morgan fingerprint density at radius 3 is 2.75 bits per heavy atom. The van der Waals surface area contributed by atoms with Crippen LogP contribution in [0.4, 0.5) is 0 Å². The zero-order valence-corrected chi connectivity index (χ0v) is 9.11. The van der Waals surface area contributed by atoms with Gasteiger partial charge in [-0.05, 0) is 18.2 Å². The van der Waals surface area contributed by atoms with E-state index in [1.807, 2.05) is 18.2 Å². The molecule has 0 aliphatic heterocycles. The second-order valence-electron chi connectivity index (χ2n) is 3.21. The first-order chi connectivity index (χ1) is 7.81. The Labute approximate surface area is 98.4 Å². The molecule has 0 spiro atoms. The van der Waals surface area contributed by atoms with Gasteiger partial charge in [0, 0.05) is 16.1 Å². The summed E-state index contributed by atoms with van der Waals surface area (Å²) in [4.78, 5) is 0. The molecule has 0 N–H and O–H groups in total. The smallest absolute Gasteiger partial charge is 0.0998 e. The summed E-state index contributed by atoms with van der Waals surface area (Å²) >= 11 is 6.02. The van der Waals surface area contributed by atoms with Crippen molar-refractivity contribution in [3.05, 3.63) is 59.0 Å². The van der Waals surface area contributed by atoms with Crippen molar-refractivity contribution in [3.63, 3.8) is 0 Å². The van der Waals surface area contributed by atoms with Gasteiger partial charge in [0.25, 0.3) is 0 Å². The van der Waals surface area contributed by atoms with Crippen molar-refractivity contribution in [2.75, 3.05) is 0 Å². The minimum atomic E-state index is 0.520. The first kappa shape index (κ1) is 10.5. The SMILES string of the molecule is N#CC(=Cc1ccoc1)c1ccccc1Cl. The standard InChI is InChI=1S/C13H8ClNO/c14-13-4-2-1-3-12(13)11(8-15)7-10-5-6-16-9-10/h1-7,9H. The predicted molar refractivity (Wildman–Crippen MR) is 63.6 cm³/mol. The Kier molecular flexibility index (Phi) is 3.09. The molecule has 16 heavy (non-hydrogen) atoms. The zero-order valence-electron chi connectivity index (χ0n) is 8.35. The summed E-state index contributed by atoms with van der Waals surface area (Å²) in [7, 11) is 0. The molecule has 0 saturated carbocycles. The molecule has 0 unspecified atom stereocenters. The van der Waals surface area contributed by atoms with Crippen molar-refractivity contribution in [1.82, 2.24) is 0 Å². The monoisotopic (exact) mass is 229 g/mol. The largest absolute Gasteiger partial charge is 0.472 e. The van der Waals surface area contributed by atoms with Gasteiger partial charge in [0.05, 0.1) is 24.2 Å². The van der Waals surface area contributed by atoms with Crippen LogP contribution in [0, 0.1) is 11.3 Å². The lowest BCUT2D eigenvalue weighted by atomic mass is 10.1. The second-order valence-corrected chi connectivity index (χ2v) is 3.61. The Morgan fingerprint density at radius 1 is 1.31 bits per heavy atom. The number of halogens is 1. The fraction of sp³-hybridized carbons (Fsp3) is 0. The number of nitriles is 1. The molecule has 0 fully saturated rings. The van der Waals surface area contributed by atoms with Crippen molar-refractivity contribution < 1.29 is 4.42 Å². The molecule has 2 aromatic rings. The fourth-order valence-electron chi connectivity index (χ4n) is 1.37. The Bertz CT molecular complexity index is 550. The van der Waals surface area contributed by atoms with E-state index in [-0.39, 0.29) is 0 Å². The first-order valence-electron chi connectivity index (χ1n) is 4.70. The molecule has 0 amide bonds. The van der Waals surface area contributed by atoms with E-state index in [0.717, 1.165) is 11.1 Å². The van der Waals surface area contributed by atoms with Gasteiger partial charge in [-0.15, -0.1) is 0 Å². The van der Waals surface area contributed by atoms with Gasteiger partial charge in [-0.1, -0.05) is 29.8 Å². The summed E-state index contributed by atoms with van der Waals surface area (Å²) in [5.41, 5.74) is 2.09. The second kappa shape index (κ2) is 4.69. The van der Waals surface area contributed by atoms with Gasteiger partial charge < -0.3 is 4.42 Å². The molecule has 3 heteroatoms. The average Bonchev–Trinajstić information content (AvgIpc) is 2.80. The highest BCUT2D eigenvalue weighted by Gasteiger charge is 2.05. The highest BCUT2D eigenvalue weighted by molar-refractivity contribution is 6.32. The van der Waals surface area contributed by atoms with Crippen LogP contribution in [0.15, 0.2) is 47.3 Å². The van der Waals surface area contributed by atoms with Crippen LogP contribution in [0.5, 0.6) is 0 Å². The number of furan rings is 1. The topological polar surface area (TPSA) is 36.9 Å². The first-order valence-corrected chi connectivity index (χ1v) is 5.08. The van der Waals surface area contributed by atoms with Gasteiger partial charge in [0.2, 0.25) is 0 Å². The van der Waals surface area contributed by atoms with Crippen LogP contribution in [0.2, 0.25) is 5.02 Å². The van der Waals surface area contributed by atoms with Crippen molar-refractivity contribution in [2.45, 2.75) is 0 Å². The van der Waals surface area contributed by atoms with Gasteiger partial charge in [0.1, 0.15) is 0 Å². The molecule has 0 aliphatic rings. The van der Waals surface area contributed by atoms with E-state index in [4.69, 9.17) is 21.3 Å². The highest BCUT2D eigenvalue weighted by atomic mass is 35.5. The molecule has 0 radical (unpaired) electrons. The third-order valence-corrected chi connectivity index (χ3v) is 2.47. The summed E-state index contributed by atoms with van der Waals surface area (Å²) in [6, 6.07) is 11.2. The number of hydrogen-bond acceptors (Lipinski definition) is 2. The maximum absolute atomic E-state index is 9.10. The molecule has 0 bridgehead atoms. The van der Waals surface area contributed by atoms with Gasteiger partial charge in [-0.25, -0.2) is 0 Å². The van der Waals surface area contributed by atoms with E-state index < -0.39 is 0 Å². The van der Waals surface area contributed by atoms with Crippen LogP contribution < -0.4 is 0 Å². The van der Waals surface area contributed by atoms with Gasteiger partial charge in [0.15, 0.2) is 0 Å². The molecule has 0 saturated heterocycles. The van der Waals surface area contributed by atoms with Crippen LogP contribution in [0.1, 0.15) is 11.1 Å². The van der Waals surface area contributed by atoms with E-state index in [1.54, 1.807) is 30.7 Å². The summed E-state index contributed by atoms with van der Waals surface area (Å²) in [6.07, 6.45) is 4.88. The predicted octanol–water partition coefficient (Wildman–Crippen LogP) is 4.00. The van der Waals surface area contributed by atoms with E-state index >= 15 is 0 Å². The average molecular weight is 230 g/mol. The lowest BCUT2D eigenvalue weighted by Crippen LogP contribution is -1.82. The van der Waals surface area contributed by atoms with Crippen LogP contribution in [-0.2, 0) is 0 Å². The summed E-state index contributed by atoms with van der Waals surface area (Å²) in [6.45, 7) is 0. The molecular weight excluding hydrogens is 222 g/mol. The van der Waals surface area contributed by atoms with E-state index in [9.17, 15) is 0 Å². The molecule has 0 aliphatic carbocycles. The maximum atomic E-state index is 9.10. The van der Waals surface area contributed by atoms with Gasteiger partial charge in [-0.3, -0.25) is 0 Å². The molecule has 78 valence electrons. The van der Waals surface area contributed by atoms with E-state index in [2.05, 4.69) is 6.07 Å². The summed E-state index contributed by atoms with van der Waals surface area (Å²) in [5, 5.41) is 9.66. The number of allylic oxidation sites excluding steroid dienone is 1. The minimum Gasteiger partial charge on any atom is -0.472 e. The summed E-state index contributed by atoms with van der Waals surface area (Å²) in [5.74, 6) is 0. The Hall–Kier alpha value is -1.98. The lowest BCUT2D eigenvalue weighted by molar-refractivity contribution is 0.567. The molecule has 2 nitrogen and oxygen atoms in total. The Balaban J connectivity index is 2.46. The maximum Gasteiger partial charge on any atom is 0.0998 e. The number of nitrogens with zero attached hydrogens (tertiary/aromatic N) is 1. The minimum absolute atomic E-state index is 0.520. The number of benzene rings is 1. The number of rotatable bonds is 2. The molecule has 2 rings (SSSR count). The van der Waals surface area contributed by atoms with Crippen molar-refractivity contribution in [3.8, 4) is 6.07 Å². The van der Waals surface area contributed by atoms with Crippen molar-refractivity contribution >= 4 is 23.3 Å². The van der Waals surface area contributed by atoms with Gasteiger partial charge >= 0.3 is 0 Å². The third kappa shape index (κ3) is 2.16. The highest BCUT2D eigenvalue weighted by Crippen LogP contribution is 2.24. The molecule has 1 aromatic heterocycles. The molecule has 0 atom stereocenters. The normalized spacial score (nSPS) is 11.1. The quantitative estimate of drug-likeness (QED) is 0.730. The van der Waals surface area contributed by atoms with Crippen molar-refractivity contribution in [1.29, 1.82) is 5.26 Å². The molecular formula is C13H8ClNO. The Morgan fingerprint density at radius 2 is 2.12 bits per heavy atom. The summed E-state index contributed by atoms with van der Waals surface area (Å²) < 4.78 is 4.94. The van der Waals surface area contributed by atoms with Crippen molar-refractivity contribution in [2.24, 2.45) is 0 Å². The van der Waals surface area contributed by atoms with Gasteiger partial charge in [-0.2, -0.15) is 5.26 Å². The number of hydrogen-bond donors (Lipinski definition) is 0. The van der Waals surface area contributed by atoms with Crippen LogP contribution in [0.25, 0.3) is 11.6 Å². The molecule has 1 heterocycles.